The van der Waals surface area contributed by atoms with Crippen LogP contribution in [0.15, 0.2) is 35.3 Å². The van der Waals surface area contributed by atoms with Gasteiger partial charge in [-0.1, -0.05) is 18.2 Å². The monoisotopic (exact) mass is 359 g/mol. The first-order chi connectivity index (χ1) is 12.7. The second-order valence-corrected chi connectivity index (χ2v) is 6.30. The van der Waals surface area contributed by atoms with E-state index in [1.165, 1.54) is 4.90 Å². The normalized spacial score (nSPS) is 18.9. The highest BCUT2D eigenvalue weighted by atomic mass is 16.5. The first-order valence-electron chi connectivity index (χ1n) is 8.93. The van der Waals surface area contributed by atoms with Gasteiger partial charge in [-0.05, 0) is 12.1 Å². The molecular formula is C18H25N5O3. The molecular weight excluding hydrogens is 334 g/mol. The molecule has 0 aliphatic carbocycles. The third-order valence-electron chi connectivity index (χ3n) is 4.55. The summed E-state index contributed by atoms with van der Waals surface area (Å²) in [6.45, 7) is 2.59. The number of para-hydroxylation sites is 1. The number of hydrogen-bond acceptors (Lipinski definition) is 4. The number of nitrogens with one attached hydrogen (secondary N) is 2. The zero-order valence-corrected chi connectivity index (χ0v) is 15.0. The Balaban J connectivity index is 1.42. The fourth-order valence-corrected chi connectivity index (χ4v) is 3.17. The lowest BCUT2D eigenvalue weighted by Crippen LogP contribution is -2.49. The molecule has 0 spiro atoms. The SMILES string of the molecule is CN=C(NCCN1C(=O)CNC1=O)N1CCC(Oc2ccccc2)CC1. The Kier molecular flexibility index (Phi) is 5.93. The molecule has 2 N–H and O–H groups in total. The van der Waals surface area contributed by atoms with Crippen molar-refractivity contribution in [3.05, 3.63) is 30.3 Å². The number of hydrogen-bond donors (Lipinski definition) is 2. The molecule has 8 heteroatoms. The fraction of sp³-hybridized carbons (Fsp3) is 0.500. The van der Waals surface area contributed by atoms with Gasteiger partial charge in [0, 0.05) is 46.1 Å². The maximum Gasteiger partial charge on any atom is 0.324 e. The third kappa shape index (κ3) is 4.44. The molecule has 2 aliphatic heterocycles. The van der Waals surface area contributed by atoms with Gasteiger partial charge in [0.25, 0.3) is 0 Å². The zero-order valence-electron chi connectivity index (χ0n) is 15.0. The molecule has 0 bridgehead atoms. The molecule has 0 aromatic heterocycles. The van der Waals surface area contributed by atoms with E-state index in [-0.39, 0.29) is 24.6 Å². The van der Waals surface area contributed by atoms with Gasteiger partial charge in [-0.2, -0.15) is 0 Å². The Labute approximate surface area is 153 Å². The summed E-state index contributed by atoms with van der Waals surface area (Å²) in [5, 5.41) is 5.75. The Bertz CT molecular complexity index is 640. The number of carbonyl (C=O) groups is 2. The lowest BCUT2D eigenvalue weighted by atomic mass is 10.1. The number of guanidine groups is 1. The van der Waals surface area contributed by atoms with Crippen LogP contribution in [0.4, 0.5) is 4.79 Å². The largest absolute Gasteiger partial charge is 0.490 e. The zero-order chi connectivity index (χ0) is 18.4. The van der Waals surface area contributed by atoms with Crippen LogP contribution < -0.4 is 15.4 Å². The maximum absolute atomic E-state index is 11.6. The second-order valence-electron chi connectivity index (χ2n) is 6.30. The van der Waals surface area contributed by atoms with Crippen LogP contribution in [0.25, 0.3) is 0 Å². The van der Waals surface area contributed by atoms with Gasteiger partial charge in [-0.3, -0.25) is 14.7 Å². The first-order valence-corrected chi connectivity index (χ1v) is 8.93. The number of imide groups is 1. The minimum Gasteiger partial charge on any atom is -0.490 e. The van der Waals surface area contributed by atoms with Crippen LogP contribution in [-0.2, 0) is 4.79 Å². The summed E-state index contributed by atoms with van der Waals surface area (Å²) in [6.07, 6.45) is 2.04. The van der Waals surface area contributed by atoms with Gasteiger partial charge in [-0.25, -0.2) is 4.79 Å². The van der Waals surface area contributed by atoms with Crippen molar-refractivity contribution in [1.82, 2.24) is 20.4 Å². The van der Waals surface area contributed by atoms with Crippen LogP contribution >= 0.6 is 0 Å². The quantitative estimate of drug-likeness (QED) is 0.458. The maximum atomic E-state index is 11.6. The Hall–Kier alpha value is -2.77. The van der Waals surface area contributed by atoms with Gasteiger partial charge in [0.15, 0.2) is 5.96 Å². The molecule has 0 radical (unpaired) electrons. The molecule has 1 aromatic rings. The molecule has 0 atom stereocenters. The average Bonchev–Trinajstić information content (AvgIpc) is 2.99. The van der Waals surface area contributed by atoms with Crippen LogP contribution in [0.3, 0.4) is 0 Å². The first kappa shape index (κ1) is 18.0. The molecule has 140 valence electrons. The highest BCUT2D eigenvalue weighted by Gasteiger charge is 2.28. The summed E-state index contributed by atoms with van der Waals surface area (Å²) >= 11 is 0. The van der Waals surface area contributed by atoms with Gasteiger partial charge < -0.3 is 20.3 Å². The highest BCUT2D eigenvalue weighted by molar-refractivity contribution is 6.01. The van der Waals surface area contributed by atoms with Crippen molar-refractivity contribution >= 4 is 17.9 Å². The standard InChI is InChI=1S/C18H25N5O3/c1-19-17(20-9-12-23-16(24)13-21-18(23)25)22-10-7-15(8-11-22)26-14-5-3-2-4-6-14/h2-6,15H,7-13H2,1H3,(H,19,20)(H,21,25). The minimum atomic E-state index is -0.328. The summed E-state index contributed by atoms with van der Waals surface area (Å²) in [5.74, 6) is 1.50. The number of benzene rings is 1. The van der Waals surface area contributed by atoms with E-state index < -0.39 is 0 Å². The molecule has 2 aliphatic rings. The van der Waals surface area contributed by atoms with Gasteiger partial charge in [-0.15, -0.1) is 0 Å². The van der Waals surface area contributed by atoms with E-state index in [0.29, 0.717) is 13.1 Å². The van der Waals surface area contributed by atoms with Crippen molar-refractivity contribution in [3.63, 3.8) is 0 Å². The third-order valence-corrected chi connectivity index (χ3v) is 4.55. The number of nitrogens with zero attached hydrogens (tertiary/aromatic N) is 3. The average molecular weight is 359 g/mol. The smallest absolute Gasteiger partial charge is 0.324 e. The molecule has 2 saturated heterocycles. The second kappa shape index (κ2) is 8.55. The number of piperidine rings is 1. The number of aliphatic imine (C=N–C) groups is 1. The highest BCUT2D eigenvalue weighted by Crippen LogP contribution is 2.18. The van der Waals surface area contributed by atoms with Crippen molar-refractivity contribution in [2.75, 3.05) is 39.8 Å². The van der Waals surface area contributed by atoms with Crippen molar-refractivity contribution in [3.8, 4) is 5.75 Å². The molecule has 1 aromatic carbocycles. The van der Waals surface area contributed by atoms with Crippen molar-refractivity contribution in [1.29, 1.82) is 0 Å². The Morgan fingerprint density at radius 1 is 1.27 bits per heavy atom. The lowest BCUT2D eigenvalue weighted by Gasteiger charge is -2.34. The van der Waals surface area contributed by atoms with E-state index >= 15 is 0 Å². The molecule has 2 fully saturated rings. The molecule has 2 heterocycles. The fourth-order valence-electron chi connectivity index (χ4n) is 3.17. The van der Waals surface area contributed by atoms with Crippen molar-refractivity contribution < 1.29 is 14.3 Å². The lowest BCUT2D eigenvalue weighted by molar-refractivity contribution is -0.124. The van der Waals surface area contributed by atoms with E-state index in [4.69, 9.17) is 4.74 Å². The predicted octanol–water partition coefficient (Wildman–Crippen LogP) is 0.657. The van der Waals surface area contributed by atoms with Crippen LogP contribution in [0.2, 0.25) is 0 Å². The summed E-state index contributed by atoms with van der Waals surface area (Å²) in [4.78, 5) is 30.8. The summed E-state index contributed by atoms with van der Waals surface area (Å²) in [7, 11) is 1.74. The van der Waals surface area contributed by atoms with Crippen LogP contribution in [0, 0.1) is 0 Å². The Morgan fingerprint density at radius 2 is 2.00 bits per heavy atom. The number of ether oxygens (including phenoxy) is 1. The molecule has 8 nitrogen and oxygen atoms in total. The van der Waals surface area contributed by atoms with Gasteiger partial charge in [0.05, 0.1) is 6.54 Å². The molecule has 0 unspecified atom stereocenters. The van der Waals surface area contributed by atoms with Crippen molar-refractivity contribution in [2.45, 2.75) is 18.9 Å². The topological polar surface area (TPSA) is 86.3 Å². The minimum absolute atomic E-state index is 0.0858. The predicted molar refractivity (Wildman–Crippen MR) is 98.1 cm³/mol. The van der Waals surface area contributed by atoms with E-state index in [9.17, 15) is 9.59 Å². The van der Waals surface area contributed by atoms with E-state index in [1.807, 2.05) is 30.3 Å². The van der Waals surface area contributed by atoms with Crippen LogP contribution in [-0.4, -0.2) is 73.6 Å². The van der Waals surface area contributed by atoms with Crippen molar-refractivity contribution in [2.24, 2.45) is 4.99 Å². The van der Waals surface area contributed by atoms with Gasteiger partial charge in [0.1, 0.15) is 11.9 Å². The van der Waals surface area contributed by atoms with E-state index in [1.54, 1.807) is 7.05 Å². The van der Waals surface area contributed by atoms with Crippen LogP contribution in [0.1, 0.15) is 12.8 Å². The summed E-state index contributed by atoms with van der Waals surface area (Å²) in [5.41, 5.74) is 0. The van der Waals surface area contributed by atoms with Crippen LogP contribution in [0.5, 0.6) is 5.75 Å². The number of likely N-dealkylation sites (tertiary alicyclic amines) is 1. The molecule has 3 amide bonds. The molecule has 3 rings (SSSR count). The number of carbonyl (C=O) groups excluding carboxylic acids is 2. The van der Waals surface area contributed by atoms with E-state index in [0.717, 1.165) is 37.6 Å². The summed E-state index contributed by atoms with van der Waals surface area (Å²) < 4.78 is 6.01. The van der Waals surface area contributed by atoms with E-state index in [2.05, 4.69) is 20.5 Å². The number of amides is 3. The molecule has 0 saturated carbocycles. The number of urea groups is 1. The van der Waals surface area contributed by atoms with Gasteiger partial charge >= 0.3 is 6.03 Å². The number of rotatable bonds is 5. The summed E-state index contributed by atoms with van der Waals surface area (Å²) in [6, 6.07) is 9.55. The van der Waals surface area contributed by atoms with Gasteiger partial charge in [0.2, 0.25) is 5.91 Å². The Morgan fingerprint density at radius 3 is 2.62 bits per heavy atom. The molecule has 26 heavy (non-hydrogen) atoms.